The van der Waals surface area contributed by atoms with Gasteiger partial charge in [-0.05, 0) is 54.5 Å². The predicted octanol–water partition coefficient (Wildman–Crippen LogP) is -0.321. The van der Waals surface area contributed by atoms with E-state index in [0.717, 1.165) is 12.8 Å². The van der Waals surface area contributed by atoms with Crippen LogP contribution in [0.5, 0.6) is 0 Å². The van der Waals surface area contributed by atoms with Crippen LogP contribution in [0, 0.1) is 0 Å². The normalized spacial score (nSPS) is 14.3. The van der Waals surface area contributed by atoms with E-state index in [2.05, 4.69) is 30.7 Å². The van der Waals surface area contributed by atoms with Gasteiger partial charge in [0, 0.05) is 12.1 Å². The van der Waals surface area contributed by atoms with E-state index in [4.69, 9.17) is 9.47 Å². The van der Waals surface area contributed by atoms with Crippen LogP contribution in [0.15, 0.2) is 29.2 Å². The van der Waals surface area contributed by atoms with Gasteiger partial charge in [0.05, 0.1) is 24.3 Å². The molecule has 1 fully saturated rings. The minimum absolute atomic E-state index is 0.0759. The number of carbonyl (C=O) groups excluding carboxylic acids is 3. The number of benzene rings is 1. The maximum Gasteiger partial charge on any atom is 0.308 e. The molecule has 1 aliphatic carbocycles. The zero-order valence-electron chi connectivity index (χ0n) is 17.8. The number of nitrogens with zero attached hydrogens (tertiary/aromatic N) is 3. The molecule has 13 nitrogen and oxygen atoms in total. The van der Waals surface area contributed by atoms with E-state index < -0.39 is 40.3 Å². The molecule has 14 heteroatoms. The van der Waals surface area contributed by atoms with Gasteiger partial charge in [0.25, 0.3) is 0 Å². The summed E-state index contributed by atoms with van der Waals surface area (Å²) < 4.78 is 37.9. The van der Waals surface area contributed by atoms with Crippen molar-refractivity contribution in [3.8, 4) is 11.4 Å². The first-order valence-corrected chi connectivity index (χ1v) is 11.8. The van der Waals surface area contributed by atoms with Crippen molar-refractivity contribution in [1.29, 1.82) is 0 Å². The fourth-order valence-corrected chi connectivity index (χ4v) is 3.94. The lowest BCUT2D eigenvalue weighted by Gasteiger charge is -2.18. The number of aromatic nitrogens is 4. The number of sulfonamides is 1. The molecule has 0 bridgehead atoms. The Morgan fingerprint density at radius 3 is 2.52 bits per heavy atom. The average molecular weight is 481 g/mol. The monoisotopic (exact) mass is 480 g/mol. The van der Waals surface area contributed by atoms with E-state index in [1.807, 2.05) is 0 Å². The van der Waals surface area contributed by atoms with Crippen molar-refractivity contribution in [2.24, 2.45) is 0 Å². The minimum atomic E-state index is -4.17. The number of tetrazole rings is 1. The highest BCUT2D eigenvalue weighted by Crippen LogP contribution is 2.24. The molecule has 1 saturated carbocycles. The molecule has 0 spiro atoms. The maximum absolute atomic E-state index is 12.9. The summed E-state index contributed by atoms with van der Waals surface area (Å²) in [5, 5.41) is 15.7. The van der Waals surface area contributed by atoms with Gasteiger partial charge < -0.3 is 14.8 Å². The zero-order chi connectivity index (χ0) is 23.8. The Morgan fingerprint density at radius 2 is 1.91 bits per heavy atom. The zero-order valence-corrected chi connectivity index (χ0v) is 18.6. The fourth-order valence-electron chi connectivity index (χ4n) is 2.75. The average Bonchev–Trinajstić information content (AvgIpc) is 3.41. The smallest absolute Gasteiger partial charge is 0.308 e. The number of carbonyl (C=O) groups is 3. The quantitative estimate of drug-likeness (QED) is 0.340. The van der Waals surface area contributed by atoms with E-state index in [1.54, 1.807) is 6.92 Å². The molecule has 1 atom stereocenters. The van der Waals surface area contributed by atoms with Crippen molar-refractivity contribution in [2.45, 2.75) is 49.6 Å². The second kappa shape index (κ2) is 11.0. The lowest BCUT2D eigenvalue weighted by Crippen LogP contribution is -2.48. The van der Waals surface area contributed by atoms with Crippen LogP contribution >= 0.6 is 0 Å². The highest BCUT2D eigenvalue weighted by atomic mass is 32.2. The van der Waals surface area contributed by atoms with Crippen molar-refractivity contribution in [3.05, 3.63) is 24.3 Å². The maximum atomic E-state index is 12.9. The first-order chi connectivity index (χ1) is 15.8. The number of aromatic amines is 1. The van der Waals surface area contributed by atoms with Crippen LogP contribution < -0.4 is 10.0 Å². The summed E-state index contributed by atoms with van der Waals surface area (Å²) in [5.74, 6) is -1.61. The van der Waals surface area contributed by atoms with Crippen LogP contribution in [-0.4, -0.2) is 72.2 Å². The van der Waals surface area contributed by atoms with Crippen molar-refractivity contribution in [2.75, 3.05) is 13.2 Å². The van der Waals surface area contributed by atoms with Crippen molar-refractivity contribution < 1.29 is 32.3 Å². The number of hydrogen-bond acceptors (Lipinski definition) is 10. The Hall–Kier alpha value is -3.39. The lowest BCUT2D eigenvalue weighted by molar-refractivity contribution is -0.147. The third kappa shape index (κ3) is 7.32. The molecule has 0 aliphatic heterocycles. The molecule has 1 aromatic carbocycles. The largest absolute Gasteiger partial charge is 0.466 e. The summed E-state index contributed by atoms with van der Waals surface area (Å²) in [5.41, 5.74) is 0.556. The van der Waals surface area contributed by atoms with Gasteiger partial charge in [-0.3, -0.25) is 14.4 Å². The van der Waals surface area contributed by atoms with Gasteiger partial charge in [-0.15, -0.1) is 5.10 Å². The molecule has 0 saturated heterocycles. The number of H-pyrrole nitrogens is 1. The van der Waals surface area contributed by atoms with Gasteiger partial charge in [0.15, 0.2) is 5.82 Å². The summed E-state index contributed by atoms with van der Waals surface area (Å²) in [4.78, 5) is 36.1. The first kappa shape index (κ1) is 24.3. The summed E-state index contributed by atoms with van der Waals surface area (Å²) in [6, 6.07) is 4.19. The molecular formula is C19H24N6O7S. The fraction of sp³-hybridized carbons (Fsp3) is 0.474. The van der Waals surface area contributed by atoms with Gasteiger partial charge in [-0.25, -0.2) is 13.5 Å². The lowest BCUT2D eigenvalue weighted by atomic mass is 10.2. The topological polar surface area (TPSA) is 182 Å². The van der Waals surface area contributed by atoms with Crippen LogP contribution in [0.4, 0.5) is 0 Å². The molecule has 1 unspecified atom stereocenters. The van der Waals surface area contributed by atoms with Crippen LogP contribution in [-0.2, 0) is 33.9 Å². The van der Waals surface area contributed by atoms with Crippen LogP contribution in [0.2, 0.25) is 0 Å². The summed E-state index contributed by atoms with van der Waals surface area (Å²) in [6.45, 7) is 1.78. The molecule has 1 aliphatic rings. The molecule has 1 amide bonds. The Balaban J connectivity index is 1.68. The Kier molecular flexibility index (Phi) is 8.06. The predicted molar refractivity (Wildman–Crippen MR) is 112 cm³/mol. The van der Waals surface area contributed by atoms with E-state index in [-0.39, 0.29) is 30.6 Å². The molecule has 1 aromatic heterocycles. The number of amides is 1. The molecule has 0 radical (unpaired) electrons. The van der Waals surface area contributed by atoms with E-state index in [0.29, 0.717) is 11.4 Å². The van der Waals surface area contributed by atoms with Crippen LogP contribution in [0.3, 0.4) is 0 Å². The number of nitrogens with one attached hydrogen (secondary N) is 3. The third-order valence-corrected chi connectivity index (χ3v) is 6.01. The number of hydrogen-bond donors (Lipinski definition) is 3. The van der Waals surface area contributed by atoms with Gasteiger partial charge in [0.2, 0.25) is 15.9 Å². The summed E-state index contributed by atoms with van der Waals surface area (Å²) >= 11 is 0. The van der Waals surface area contributed by atoms with Gasteiger partial charge in [-0.2, -0.15) is 4.72 Å². The van der Waals surface area contributed by atoms with E-state index in [9.17, 15) is 22.8 Å². The Morgan fingerprint density at radius 1 is 1.18 bits per heavy atom. The van der Waals surface area contributed by atoms with Crippen LogP contribution in [0.25, 0.3) is 11.4 Å². The van der Waals surface area contributed by atoms with Crippen LogP contribution in [0.1, 0.15) is 32.6 Å². The van der Waals surface area contributed by atoms with Crippen molar-refractivity contribution in [3.63, 3.8) is 0 Å². The Bertz CT molecular complexity index is 1070. The molecule has 1 heterocycles. The summed E-state index contributed by atoms with van der Waals surface area (Å²) in [7, 11) is -4.17. The van der Waals surface area contributed by atoms with Gasteiger partial charge >= 0.3 is 11.9 Å². The molecule has 178 valence electrons. The second-order valence-electron chi connectivity index (χ2n) is 7.19. The number of rotatable bonds is 12. The Labute approximate surface area is 189 Å². The minimum Gasteiger partial charge on any atom is -0.466 e. The molecular weight excluding hydrogens is 456 g/mol. The number of esters is 2. The molecule has 33 heavy (non-hydrogen) atoms. The molecule has 3 N–H and O–H groups in total. The van der Waals surface area contributed by atoms with Crippen molar-refractivity contribution >= 4 is 27.9 Å². The van der Waals surface area contributed by atoms with Gasteiger partial charge in [-0.1, -0.05) is 0 Å². The first-order valence-electron chi connectivity index (χ1n) is 10.3. The highest BCUT2D eigenvalue weighted by molar-refractivity contribution is 7.89. The third-order valence-electron chi connectivity index (χ3n) is 4.52. The second-order valence-corrected chi connectivity index (χ2v) is 8.90. The van der Waals surface area contributed by atoms with Crippen molar-refractivity contribution in [1.82, 2.24) is 30.7 Å². The SMILES string of the molecule is CCOC(=O)CCNC(=O)C(CC(=O)OC1CC1)NS(=O)(=O)c1ccc(-c2nnn[nH]2)cc1. The molecule has 3 rings (SSSR count). The summed E-state index contributed by atoms with van der Waals surface area (Å²) in [6.07, 6.45) is 0.688. The van der Waals surface area contributed by atoms with Gasteiger partial charge in [0.1, 0.15) is 12.1 Å². The van der Waals surface area contributed by atoms with E-state index >= 15 is 0 Å². The number of ether oxygens (including phenoxy) is 2. The standard InChI is InChI=1S/C19H24N6O7S/c1-2-31-16(26)9-10-20-19(28)15(11-17(27)32-13-5-6-13)23-33(29,30)14-7-3-12(4-8-14)18-21-24-25-22-18/h3-4,7-8,13,15,23H,2,5-6,9-11H2,1H3,(H,20,28)(H,21,22,24,25). The highest BCUT2D eigenvalue weighted by Gasteiger charge is 2.32. The molecule has 2 aromatic rings. The van der Waals surface area contributed by atoms with E-state index in [1.165, 1.54) is 24.3 Å².